The van der Waals surface area contributed by atoms with Crippen LogP contribution in [-0.2, 0) is 11.2 Å². The quantitative estimate of drug-likeness (QED) is 0.315. The monoisotopic (exact) mass is 539 g/mol. The summed E-state index contributed by atoms with van der Waals surface area (Å²) < 4.78 is 5.87. The Labute approximate surface area is 229 Å². The van der Waals surface area contributed by atoms with E-state index in [4.69, 9.17) is 33.7 Å². The molecule has 3 N–H and O–H groups in total. The molecular formula is C30H35Cl2N3O2. The van der Waals surface area contributed by atoms with Gasteiger partial charge < -0.3 is 10.5 Å². The smallest absolute Gasteiger partial charge is 0.169 e. The largest absolute Gasteiger partial charge is 0.493 e. The molecule has 0 bridgehead atoms. The molecule has 3 aromatic rings. The topological polar surface area (TPSA) is 81.0 Å². The summed E-state index contributed by atoms with van der Waals surface area (Å²) in [5.74, 6) is 0.870. The number of hydrogen-bond acceptors (Lipinski definition) is 4. The van der Waals surface area contributed by atoms with Crippen LogP contribution in [0.5, 0.6) is 5.75 Å². The summed E-state index contributed by atoms with van der Waals surface area (Å²) in [5.41, 5.74) is 11.5. The zero-order chi connectivity index (χ0) is 26.7. The number of Topliss-reactive ketones (excluding diaryl/α,β-unsaturated/α-hetero) is 1. The van der Waals surface area contributed by atoms with Crippen LogP contribution >= 0.6 is 23.2 Å². The minimum Gasteiger partial charge on any atom is -0.493 e. The fraction of sp³-hybridized carbons (Fsp3) is 0.400. The summed E-state index contributed by atoms with van der Waals surface area (Å²) in [6.07, 6.45) is 7.90. The molecule has 0 saturated heterocycles. The number of aromatic nitrogens is 2. The van der Waals surface area contributed by atoms with E-state index < -0.39 is 0 Å². The lowest BCUT2D eigenvalue weighted by atomic mass is 9.83. The molecule has 1 aliphatic carbocycles. The number of nitrogens with zero attached hydrogens (tertiary/aromatic N) is 1. The number of benzene rings is 2. The first kappa shape index (κ1) is 27.4. The van der Waals surface area contributed by atoms with Gasteiger partial charge in [-0.1, -0.05) is 68.2 Å². The zero-order valence-electron chi connectivity index (χ0n) is 21.9. The molecule has 1 saturated carbocycles. The third kappa shape index (κ3) is 6.28. The Morgan fingerprint density at radius 3 is 2.57 bits per heavy atom. The lowest BCUT2D eigenvalue weighted by Crippen LogP contribution is -2.29. The van der Waals surface area contributed by atoms with Crippen LogP contribution in [0.25, 0.3) is 16.7 Å². The van der Waals surface area contributed by atoms with E-state index in [0.29, 0.717) is 34.3 Å². The summed E-state index contributed by atoms with van der Waals surface area (Å²) in [5, 5.41) is 7.93. The molecular weight excluding hydrogens is 505 g/mol. The Hall–Kier alpha value is -2.60. The summed E-state index contributed by atoms with van der Waals surface area (Å²) >= 11 is 12.4. The van der Waals surface area contributed by atoms with Crippen molar-refractivity contribution in [2.24, 2.45) is 11.7 Å². The summed E-state index contributed by atoms with van der Waals surface area (Å²) in [7, 11) is 0. The zero-order valence-corrected chi connectivity index (χ0v) is 23.4. The summed E-state index contributed by atoms with van der Waals surface area (Å²) in [6, 6.07) is 11.7. The number of H-pyrrole nitrogens is 1. The Morgan fingerprint density at radius 1 is 1.24 bits per heavy atom. The van der Waals surface area contributed by atoms with E-state index in [0.717, 1.165) is 40.0 Å². The van der Waals surface area contributed by atoms with Gasteiger partial charge in [0.05, 0.1) is 18.7 Å². The number of allylic oxidation sites excluding steroid dienone is 2. The van der Waals surface area contributed by atoms with Crippen molar-refractivity contribution in [2.75, 3.05) is 6.61 Å². The molecule has 196 valence electrons. The number of aromatic amines is 1. The number of nitrogens with one attached hydrogen (secondary N) is 1. The lowest BCUT2D eigenvalue weighted by Gasteiger charge is -2.26. The normalized spacial score (nSPS) is 17.9. The number of fused-ring (bicyclic) bond motifs is 1. The molecule has 5 rings (SSSR count). The minimum absolute atomic E-state index is 0.0871. The second-order valence-electron chi connectivity index (χ2n) is 10.3. The second-order valence-corrected chi connectivity index (χ2v) is 11.1. The molecule has 0 radical (unpaired) electrons. The average Bonchev–Trinajstić information content (AvgIpc) is 3.49. The highest BCUT2D eigenvalue weighted by molar-refractivity contribution is 6.32. The number of ether oxygens (including phenoxy) is 1. The van der Waals surface area contributed by atoms with Crippen molar-refractivity contribution in [3.05, 3.63) is 75.5 Å². The van der Waals surface area contributed by atoms with Crippen LogP contribution in [0.1, 0.15) is 69.6 Å². The van der Waals surface area contributed by atoms with Crippen LogP contribution in [-0.4, -0.2) is 28.1 Å². The van der Waals surface area contributed by atoms with Crippen molar-refractivity contribution in [2.45, 2.75) is 64.8 Å². The number of carbonyl (C=O) groups excluding carboxylic acids is 1. The minimum atomic E-state index is -0.250. The third-order valence-corrected chi connectivity index (χ3v) is 7.84. The molecule has 1 fully saturated rings. The second kappa shape index (κ2) is 11.4. The van der Waals surface area contributed by atoms with Crippen LogP contribution < -0.4 is 10.5 Å². The van der Waals surface area contributed by atoms with E-state index in [1.165, 1.54) is 12.8 Å². The average molecular weight is 541 g/mol. The van der Waals surface area contributed by atoms with E-state index in [9.17, 15) is 4.79 Å². The van der Waals surface area contributed by atoms with Gasteiger partial charge >= 0.3 is 0 Å². The molecule has 5 nitrogen and oxygen atoms in total. The molecule has 37 heavy (non-hydrogen) atoms. The molecule has 0 amide bonds. The van der Waals surface area contributed by atoms with E-state index in [1.807, 2.05) is 43.3 Å². The SMILES string of the molecule is C/C=C(/C(=O)C1COc2ccc(Cl)cc2C1)c1ccc(-c2cn[nH]c2Cl)cc1C(C)C.CCC1(N)CC1. The van der Waals surface area contributed by atoms with E-state index >= 15 is 0 Å². The van der Waals surface area contributed by atoms with Crippen molar-refractivity contribution in [1.29, 1.82) is 0 Å². The highest BCUT2D eigenvalue weighted by atomic mass is 35.5. The van der Waals surface area contributed by atoms with Crippen LogP contribution in [0.2, 0.25) is 10.2 Å². The summed E-state index contributed by atoms with van der Waals surface area (Å²) in [4.78, 5) is 13.5. The molecule has 0 spiro atoms. The molecule has 1 aliphatic heterocycles. The first-order valence-corrected chi connectivity index (χ1v) is 13.7. The van der Waals surface area contributed by atoms with Crippen LogP contribution in [0, 0.1) is 5.92 Å². The number of carbonyl (C=O) groups is 1. The lowest BCUT2D eigenvalue weighted by molar-refractivity contribution is -0.118. The number of rotatable bonds is 6. The van der Waals surface area contributed by atoms with Crippen LogP contribution in [0.15, 0.2) is 48.7 Å². The highest BCUT2D eigenvalue weighted by Gasteiger charge is 2.35. The van der Waals surface area contributed by atoms with Gasteiger partial charge in [0.2, 0.25) is 0 Å². The maximum atomic E-state index is 13.5. The Bertz CT molecular complexity index is 1310. The highest BCUT2D eigenvalue weighted by Crippen LogP contribution is 2.37. The van der Waals surface area contributed by atoms with Gasteiger partial charge in [-0.25, -0.2) is 0 Å². The first-order valence-electron chi connectivity index (χ1n) is 12.9. The van der Waals surface area contributed by atoms with Gasteiger partial charge in [0.1, 0.15) is 10.9 Å². The molecule has 1 atom stereocenters. The first-order chi connectivity index (χ1) is 17.7. The van der Waals surface area contributed by atoms with E-state index in [2.05, 4.69) is 37.0 Å². The Balaban J connectivity index is 0.000000469. The standard InChI is InChI=1S/C25H24Cl2N2O2.C5H11N/c1-4-19(24(30)17-9-16-10-18(26)6-8-23(16)31-13-17)20-7-5-15(11-21(20)14(2)3)22-12-28-29-25(22)27;1-2-5(6)3-4-5/h4-8,10-12,14,17H,9,13H2,1-3H3,(H,28,29);2-4,6H2,1H3/b19-4+;. The van der Waals surface area contributed by atoms with Crippen molar-refractivity contribution in [3.8, 4) is 16.9 Å². The maximum absolute atomic E-state index is 13.5. The van der Waals surface area contributed by atoms with Crippen molar-refractivity contribution in [1.82, 2.24) is 10.2 Å². The fourth-order valence-corrected chi connectivity index (χ4v) is 5.02. The molecule has 2 aliphatic rings. The van der Waals surface area contributed by atoms with Crippen molar-refractivity contribution < 1.29 is 9.53 Å². The number of ketones is 1. The van der Waals surface area contributed by atoms with Crippen LogP contribution in [0.4, 0.5) is 0 Å². The molecule has 2 heterocycles. The molecule has 7 heteroatoms. The van der Waals surface area contributed by atoms with Crippen molar-refractivity contribution >= 4 is 34.6 Å². The predicted octanol–water partition coefficient (Wildman–Crippen LogP) is 7.62. The Morgan fingerprint density at radius 2 is 2.00 bits per heavy atom. The number of nitrogens with two attached hydrogens (primary N) is 1. The van der Waals surface area contributed by atoms with Gasteiger partial charge in [-0.05, 0) is 79.0 Å². The van der Waals surface area contributed by atoms with Gasteiger partial charge in [-0.3, -0.25) is 9.89 Å². The van der Waals surface area contributed by atoms with Gasteiger partial charge in [0.25, 0.3) is 0 Å². The van der Waals surface area contributed by atoms with Gasteiger partial charge in [-0.2, -0.15) is 5.10 Å². The summed E-state index contributed by atoms with van der Waals surface area (Å²) in [6.45, 7) is 8.67. The van der Waals surface area contributed by atoms with Crippen molar-refractivity contribution in [3.63, 3.8) is 0 Å². The van der Waals surface area contributed by atoms with Crippen LogP contribution in [0.3, 0.4) is 0 Å². The number of halogens is 2. The van der Waals surface area contributed by atoms with Gasteiger partial charge in [-0.15, -0.1) is 0 Å². The Kier molecular flexibility index (Phi) is 8.47. The molecule has 1 aromatic heterocycles. The van der Waals surface area contributed by atoms with E-state index in [1.54, 1.807) is 6.20 Å². The predicted molar refractivity (Wildman–Crippen MR) is 152 cm³/mol. The molecule has 2 aromatic carbocycles. The maximum Gasteiger partial charge on any atom is 0.169 e. The van der Waals surface area contributed by atoms with Gasteiger partial charge in [0.15, 0.2) is 5.78 Å². The fourth-order valence-electron chi connectivity index (χ4n) is 4.62. The number of hydrogen-bond donors (Lipinski definition) is 2. The molecule has 1 unspecified atom stereocenters. The van der Waals surface area contributed by atoms with Gasteiger partial charge in [0, 0.05) is 21.7 Å². The van der Waals surface area contributed by atoms with E-state index in [-0.39, 0.29) is 17.6 Å². The third-order valence-electron chi connectivity index (χ3n) is 7.32.